The van der Waals surface area contributed by atoms with Crippen LogP contribution in [0.1, 0.15) is 21.6 Å². The van der Waals surface area contributed by atoms with Crippen molar-refractivity contribution >= 4 is 17.4 Å². The zero-order chi connectivity index (χ0) is 19.3. The van der Waals surface area contributed by atoms with Crippen molar-refractivity contribution in [2.24, 2.45) is 0 Å². The number of benzene rings is 2. The summed E-state index contributed by atoms with van der Waals surface area (Å²) in [4.78, 5) is 12.3. The van der Waals surface area contributed by atoms with Crippen molar-refractivity contribution in [2.75, 3.05) is 18.5 Å². The molecule has 0 radical (unpaired) electrons. The molecule has 2 N–H and O–H groups in total. The number of carbonyl (C=O) groups excluding carboxylic acids is 1. The summed E-state index contributed by atoms with van der Waals surface area (Å²) in [5.74, 6) is 1.69. The highest BCUT2D eigenvalue weighted by Crippen LogP contribution is 2.33. The van der Waals surface area contributed by atoms with Gasteiger partial charge in [-0.3, -0.25) is 4.79 Å². The Morgan fingerprint density at radius 2 is 1.75 bits per heavy atom. The van der Waals surface area contributed by atoms with Crippen molar-refractivity contribution in [1.29, 1.82) is 0 Å². The summed E-state index contributed by atoms with van der Waals surface area (Å²) in [6.07, 6.45) is 0. The van der Waals surface area contributed by atoms with E-state index in [4.69, 9.17) is 9.47 Å². The fourth-order valence-corrected chi connectivity index (χ4v) is 2.77. The number of fused-ring (bicyclic) bond motifs is 1. The topological polar surface area (TPSA) is 85.4 Å². The third kappa shape index (κ3) is 4.20. The maximum absolute atomic E-state index is 12.3. The molecule has 1 aliphatic rings. The molecular weight excluding hydrogens is 356 g/mol. The van der Waals surface area contributed by atoms with E-state index in [1.165, 1.54) is 5.56 Å². The lowest BCUT2D eigenvalue weighted by Crippen LogP contribution is -2.24. The Morgan fingerprint density at radius 1 is 0.964 bits per heavy atom. The van der Waals surface area contributed by atoms with Gasteiger partial charge in [-0.1, -0.05) is 29.8 Å². The smallest absolute Gasteiger partial charge is 0.272 e. The standard InChI is InChI=1S/C21H20N4O3/c1-14-2-4-15(5-3-14)13-22-21(26)17-7-9-20(25-24-17)23-16-6-8-18-19(12-16)28-11-10-27-18/h2-9,12H,10-11,13H2,1H3,(H,22,26)(H,23,25). The van der Waals surface area contributed by atoms with E-state index in [-0.39, 0.29) is 11.6 Å². The number of nitrogens with one attached hydrogen (secondary N) is 2. The van der Waals surface area contributed by atoms with Gasteiger partial charge in [0.1, 0.15) is 13.2 Å². The van der Waals surface area contributed by atoms with Gasteiger partial charge in [0.15, 0.2) is 23.0 Å². The van der Waals surface area contributed by atoms with Gasteiger partial charge >= 0.3 is 0 Å². The van der Waals surface area contributed by atoms with Crippen LogP contribution in [-0.2, 0) is 6.54 Å². The van der Waals surface area contributed by atoms with Crippen LogP contribution in [0.5, 0.6) is 11.5 Å². The van der Waals surface area contributed by atoms with Gasteiger partial charge in [-0.05, 0) is 36.8 Å². The summed E-state index contributed by atoms with van der Waals surface area (Å²) in [6.45, 7) is 3.55. The van der Waals surface area contributed by atoms with Crippen molar-refractivity contribution in [3.8, 4) is 11.5 Å². The predicted molar refractivity (Wildman–Crippen MR) is 105 cm³/mol. The fourth-order valence-electron chi connectivity index (χ4n) is 2.77. The SMILES string of the molecule is Cc1ccc(CNC(=O)c2ccc(Nc3ccc4c(c3)OCCO4)nn2)cc1. The van der Waals surface area contributed by atoms with Crippen LogP contribution >= 0.6 is 0 Å². The van der Waals surface area contributed by atoms with E-state index < -0.39 is 0 Å². The molecule has 0 bridgehead atoms. The Kier molecular flexibility index (Phi) is 5.05. The zero-order valence-electron chi connectivity index (χ0n) is 15.4. The molecule has 1 amide bonds. The molecule has 0 aliphatic carbocycles. The molecule has 1 aliphatic heterocycles. The molecule has 2 heterocycles. The minimum atomic E-state index is -0.265. The predicted octanol–water partition coefficient (Wildman–Crippen LogP) is 3.23. The third-order valence-electron chi connectivity index (χ3n) is 4.29. The highest BCUT2D eigenvalue weighted by atomic mass is 16.6. The molecule has 4 rings (SSSR count). The average Bonchev–Trinajstić information content (AvgIpc) is 2.73. The van der Waals surface area contributed by atoms with Crippen LogP contribution in [0.2, 0.25) is 0 Å². The van der Waals surface area contributed by atoms with E-state index in [9.17, 15) is 4.79 Å². The Morgan fingerprint density at radius 3 is 2.50 bits per heavy atom. The van der Waals surface area contributed by atoms with E-state index in [0.717, 1.165) is 17.0 Å². The molecule has 0 saturated carbocycles. The summed E-state index contributed by atoms with van der Waals surface area (Å²) in [5.41, 5.74) is 3.28. The highest BCUT2D eigenvalue weighted by Gasteiger charge is 2.12. The number of hydrogen-bond acceptors (Lipinski definition) is 6. The van der Waals surface area contributed by atoms with Crippen LogP contribution < -0.4 is 20.1 Å². The summed E-state index contributed by atoms with van der Waals surface area (Å²) < 4.78 is 11.1. The Labute approximate surface area is 162 Å². The van der Waals surface area contributed by atoms with Crippen molar-refractivity contribution in [3.05, 3.63) is 71.4 Å². The van der Waals surface area contributed by atoms with Gasteiger partial charge < -0.3 is 20.1 Å². The van der Waals surface area contributed by atoms with Crippen molar-refractivity contribution < 1.29 is 14.3 Å². The van der Waals surface area contributed by atoms with Crippen LogP contribution in [0.4, 0.5) is 11.5 Å². The number of anilines is 2. The molecule has 1 aromatic heterocycles. The minimum absolute atomic E-state index is 0.264. The third-order valence-corrected chi connectivity index (χ3v) is 4.29. The summed E-state index contributed by atoms with van der Waals surface area (Å²) in [7, 11) is 0. The van der Waals surface area contributed by atoms with Crippen LogP contribution in [-0.4, -0.2) is 29.3 Å². The van der Waals surface area contributed by atoms with E-state index >= 15 is 0 Å². The number of carbonyl (C=O) groups is 1. The molecular formula is C21H20N4O3. The van der Waals surface area contributed by atoms with Crippen molar-refractivity contribution in [3.63, 3.8) is 0 Å². The molecule has 0 saturated heterocycles. The van der Waals surface area contributed by atoms with Gasteiger partial charge in [0.05, 0.1) is 0 Å². The first-order chi connectivity index (χ1) is 13.7. The Balaban J connectivity index is 1.36. The summed E-state index contributed by atoms with van der Waals surface area (Å²) >= 11 is 0. The lowest BCUT2D eigenvalue weighted by Gasteiger charge is -2.19. The maximum atomic E-state index is 12.3. The Bertz CT molecular complexity index is 972. The monoisotopic (exact) mass is 376 g/mol. The largest absolute Gasteiger partial charge is 0.486 e. The second-order valence-electron chi connectivity index (χ2n) is 6.46. The number of nitrogens with zero attached hydrogens (tertiary/aromatic N) is 2. The fraction of sp³-hybridized carbons (Fsp3) is 0.190. The number of aromatic nitrogens is 2. The van der Waals surface area contributed by atoms with Crippen LogP contribution in [0, 0.1) is 6.92 Å². The van der Waals surface area contributed by atoms with Crippen molar-refractivity contribution in [1.82, 2.24) is 15.5 Å². The first-order valence-electron chi connectivity index (χ1n) is 9.01. The molecule has 0 fully saturated rings. The van der Waals surface area contributed by atoms with Gasteiger partial charge in [0, 0.05) is 18.3 Å². The summed E-state index contributed by atoms with van der Waals surface area (Å²) in [6, 6.07) is 16.9. The second kappa shape index (κ2) is 7.96. The van der Waals surface area contributed by atoms with Gasteiger partial charge in [0.2, 0.25) is 0 Å². The minimum Gasteiger partial charge on any atom is -0.486 e. The van der Waals surface area contributed by atoms with Gasteiger partial charge in [-0.2, -0.15) is 0 Å². The molecule has 0 atom stereocenters. The molecule has 7 heteroatoms. The first-order valence-corrected chi connectivity index (χ1v) is 9.01. The second-order valence-corrected chi connectivity index (χ2v) is 6.46. The van der Waals surface area contributed by atoms with Crippen molar-refractivity contribution in [2.45, 2.75) is 13.5 Å². The quantitative estimate of drug-likeness (QED) is 0.711. The number of hydrogen-bond donors (Lipinski definition) is 2. The van der Waals surface area contributed by atoms with Crippen LogP contribution in [0.25, 0.3) is 0 Å². The van der Waals surface area contributed by atoms with E-state index in [1.807, 2.05) is 49.4 Å². The molecule has 3 aromatic rings. The van der Waals surface area contributed by atoms with Crippen LogP contribution in [0.15, 0.2) is 54.6 Å². The van der Waals surface area contributed by atoms with E-state index in [2.05, 4.69) is 20.8 Å². The number of ether oxygens (including phenoxy) is 2. The van der Waals surface area contributed by atoms with Gasteiger partial charge in [-0.15, -0.1) is 10.2 Å². The molecule has 2 aromatic carbocycles. The molecule has 142 valence electrons. The molecule has 7 nitrogen and oxygen atoms in total. The van der Waals surface area contributed by atoms with Crippen LogP contribution in [0.3, 0.4) is 0 Å². The normalized spacial score (nSPS) is 12.3. The lowest BCUT2D eigenvalue weighted by atomic mass is 10.1. The van der Waals surface area contributed by atoms with E-state index in [1.54, 1.807) is 12.1 Å². The van der Waals surface area contributed by atoms with Gasteiger partial charge in [-0.25, -0.2) is 0 Å². The number of rotatable bonds is 5. The Hall–Kier alpha value is -3.61. The van der Waals surface area contributed by atoms with Gasteiger partial charge in [0.25, 0.3) is 5.91 Å². The number of aryl methyl sites for hydroxylation is 1. The molecule has 28 heavy (non-hydrogen) atoms. The summed E-state index contributed by atoms with van der Waals surface area (Å²) in [5, 5.41) is 14.1. The van der Waals surface area contributed by atoms with E-state index in [0.29, 0.717) is 31.3 Å². The lowest BCUT2D eigenvalue weighted by molar-refractivity contribution is 0.0945. The molecule has 0 unspecified atom stereocenters. The first kappa shape index (κ1) is 17.8. The highest BCUT2D eigenvalue weighted by molar-refractivity contribution is 5.92. The zero-order valence-corrected chi connectivity index (χ0v) is 15.4. The average molecular weight is 376 g/mol. The number of amides is 1. The maximum Gasteiger partial charge on any atom is 0.272 e. The molecule has 0 spiro atoms.